The third-order valence-electron chi connectivity index (χ3n) is 6.36. The highest BCUT2D eigenvalue weighted by Crippen LogP contribution is 2.30. The minimum absolute atomic E-state index is 0.0509. The van der Waals surface area contributed by atoms with Crippen LogP contribution < -0.4 is 20.1 Å². The summed E-state index contributed by atoms with van der Waals surface area (Å²) in [5.74, 6) is -0.891. The van der Waals surface area contributed by atoms with Gasteiger partial charge in [-0.3, -0.25) is 14.4 Å². The first-order chi connectivity index (χ1) is 19.1. The van der Waals surface area contributed by atoms with E-state index in [-0.39, 0.29) is 24.2 Å². The average Bonchev–Trinajstić information content (AvgIpc) is 3.72. The molecule has 0 aliphatic carbocycles. The molecular formula is C30H40N2O8. The molecule has 2 aromatic rings. The highest BCUT2D eigenvalue weighted by molar-refractivity contribution is 6.00. The van der Waals surface area contributed by atoms with E-state index in [2.05, 4.69) is 10.6 Å². The lowest BCUT2D eigenvalue weighted by Gasteiger charge is -2.24. The van der Waals surface area contributed by atoms with Crippen molar-refractivity contribution < 1.29 is 38.8 Å². The van der Waals surface area contributed by atoms with Crippen molar-refractivity contribution in [1.82, 2.24) is 10.6 Å². The molecule has 3 rings (SSSR count). The summed E-state index contributed by atoms with van der Waals surface area (Å²) in [6, 6.07) is 12.4. The lowest BCUT2D eigenvalue weighted by atomic mass is 9.92. The van der Waals surface area contributed by atoms with Gasteiger partial charge < -0.3 is 35.1 Å². The second kappa shape index (κ2) is 14.2. The van der Waals surface area contributed by atoms with Crippen molar-refractivity contribution >= 4 is 17.6 Å². The summed E-state index contributed by atoms with van der Waals surface area (Å²) in [7, 11) is 0. The third-order valence-corrected chi connectivity index (χ3v) is 6.36. The van der Waals surface area contributed by atoms with Gasteiger partial charge in [-0.15, -0.1) is 0 Å². The molecular weight excluding hydrogens is 516 g/mol. The fourth-order valence-electron chi connectivity index (χ4n) is 4.18. The zero-order valence-corrected chi connectivity index (χ0v) is 23.5. The molecule has 1 saturated heterocycles. The maximum Gasteiger partial charge on any atom is 0.252 e. The number of carbonyl (C=O) groups is 3. The van der Waals surface area contributed by atoms with E-state index in [0.717, 1.165) is 5.56 Å². The van der Waals surface area contributed by atoms with E-state index in [1.54, 1.807) is 12.1 Å². The van der Waals surface area contributed by atoms with E-state index in [1.807, 2.05) is 58.0 Å². The molecule has 0 radical (unpaired) electrons. The fourth-order valence-corrected chi connectivity index (χ4v) is 4.18. The lowest BCUT2D eigenvalue weighted by molar-refractivity contribution is -0.133. The smallest absolute Gasteiger partial charge is 0.252 e. The summed E-state index contributed by atoms with van der Waals surface area (Å²) in [4.78, 5) is 39.2. The fraction of sp³-hybridized carbons (Fsp3) is 0.500. The number of hydrogen-bond donors (Lipinski definition) is 4. The quantitative estimate of drug-likeness (QED) is 0.230. The average molecular weight is 557 g/mol. The van der Waals surface area contributed by atoms with Crippen LogP contribution in [0.15, 0.2) is 48.5 Å². The summed E-state index contributed by atoms with van der Waals surface area (Å²) < 4.78 is 16.9. The second-order valence-corrected chi connectivity index (χ2v) is 10.6. The molecule has 0 spiro atoms. The van der Waals surface area contributed by atoms with Crippen LogP contribution in [0.1, 0.15) is 50.0 Å². The number of rotatable bonds is 16. The van der Waals surface area contributed by atoms with Gasteiger partial charge >= 0.3 is 0 Å². The first kappa shape index (κ1) is 31.1. The van der Waals surface area contributed by atoms with Crippen LogP contribution in [0.3, 0.4) is 0 Å². The van der Waals surface area contributed by atoms with Crippen LogP contribution in [0.4, 0.5) is 0 Å². The predicted molar refractivity (Wildman–Crippen MR) is 148 cm³/mol. The van der Waals surface area contributed by atoms with Gasteiger partial charge in [0.1, 0.15) is 17.5 Å². The molecule has 0 bridgehead atoms. The monoisotopic (exact) mass is 556 g/mol. The maximum absolute atomic E-state index is 13.2. The van der Waals surface area contributed by atoms with Crippen molar-refractivity contribution in [3.8, 4) is 11.5 Å². The number of aliphatic hydroxyl groups excluding tert-OH is 2. The molecule has 1 aliphatic heterocycles. The Bertz CT molecular complexity index is 1150. The van der Waals surface area contributed by atoms with E-state index >= 15 is 0 Å². The van der Waals surface area contributed by atoms with Crippen LogP contribution in [0.2, 0.25) is 0 Å². The molecule has 3 atom stereocenters. The number of ether oxygens (including phenoxy) is 3. The molecule has 0 saturated carbocycles. The molecule has 40 heavy (non-hydrogen) atoms. The van der Waals surface area contributed by atoms with Crippen LogP contribution in [0.25, 0.3) is 0 Å². The Labute approximate surface area is 235 Å². The highest BCUT2D eigenvalue weighted by atomic mass is 16.6. The summed E-state index contributed by atoms with van der Waals surface area (Å²) in [6.45, 7) is 6.78. The van der Waals surface area contributed by atoms with Crippen molar-refractivity contribution in [3.05, 3.63) is 59.7 Å². The molecule has 1 fully saturated rings. The van der Waals surface area contributed by atoms with E-state index in [4.69, 9.17) is 14.2 Å². The maximum atomic E-state index is 13.2. The number of epoxide rings is 1. The van der Waals surface area contributed by atoms with Crippen molar-refractivity contribution in [3.63, 3.8) is 0 Å². The summed E-state index contributed by atoms with van der Waals surface area (Å²) >= 11 is 0. The largest absolute Gasteiger partial charge is 0.493 e. The van der Waals surface area contributed by atoms with E-state index in [1.165, 1.54) is 6.07 Å². The highest BCUT2D eigenvalue weighted by Gasteiger charge is 2.54. The molecule has 2 aromatic carbocycles. The number of carbonyl (C=O) groups excluding carboxylic acids is 3. The Morgan fingerprint density at radius 3 is 2.23 bits per heavy atom. The van der Waals surface area contributed by atoms with Crippen LogP contribution in [-0.4, -0.2) is 78.0 Å². The number of amides is 2. The molecule has 10 nitrogen and oxygen atoms in total. The van der Waals surface area contributed by atoms with Gasteiger partial charge in [0, 0.05) is 18.1 Å². The topological polar surface area (TPSA) is 147 Å². The number of ketones is 1. The summed E-state index contributed by atoms with van der Waals surface area (Å²) in [5.41, 5.74) is -0.0164. The minimum Gasteiger partial charge on any atom is -0.493 e. The van der Waals surface area contributed by atoms with E-state index in [0.29, 0.717) is 30.9 Å². The van der Waals surface area contributed by atoms with Crippen molar-refractivity contribution in [2.75, 3.05) is 26.4 Å². The molecule has 10 heteroatoms. The summed E-state index contributed by atoms with van der Waals surface area (Å²) in [6.07, 6.45) is 0.822. The summed E-state index contributed by atoms with van der Waals surface area (Å²) in [5, 5.41) is 24.7. The third kappa shape index (κ3) is 8.77. The lowest BCUT2D eigenvalue weighted by Crippen LogP contribution is -2.55. The van der Waals surface area contributed by atoms with Gasteiger partial charge in [-0.05, 0) is 43.9 Å². The molecule has 218 valence electrons. The van der Waals surface area contributed by atoms with Gasteiger partial charge in [-0.1, -0.05) is 44.2 Å². The van der Waals surface area contributed by atoms with Crippen molar-refractivity contribution in [2.45, 2.75) is 64.3 Å². The van der Waals surface area contributed by atoms with Gasteiger partial charge in [-0.2, -0.15) is 0 Å². The van der Waals surface area contributed by atoms with E-state index in [9.17, 15) is 24.6 Å². The number of hydrogen-bond acceptors (Lipinski definition) is 8. The van der Waals surface area contributed by atoms with Crippen LogP contribution in [0, 0.1) is 5.92 Å². The van der Waals surface area contributed by atoms with Gasteiger partial charge in [0.05, 0.1) is 38.6 Å². The number of benzene rings is 2. The molecule has 0 aromatic heterocycles. The Balaban J connectivity index is 1.71. The number of Topliss-reactive ketones (excluding diaryl/α,β-unsaturated/α-hetero) is 1. The first-order valence-electron chi connectivity index (χ1n) is 13.6. The Kier molecular flexibility index (Phi) is 11.1. The van der Waals surface area contributed by atoms with E-state index < -0.39 is 48.5 Å². The standard InChI is InChI=1S/C30H40N2O8/c1-19(2)12-25(27(35)30(17-34)18-39-30)31-29(37)26(16-33)32-28(36)22-13-23(15-24(14-22)40-20(3)4)38-11-10-21-8-6-5-7-9-21/h5-9,13-15,19-20,25-26,33-34H,10-12,16-18H2,1-4H3,(H,31,37)(H,32,36)/t25?,26-,30?/m0/s1. The van der Waals surface area contributed by atoms with Crippen molar-refractivity contribution in [2.24, 2.45) is 5.92 Å². The second-order valence-electron chi connectivity index (χ2n) is 10.6. The Hall–Kier alpha value is -3.47. The van der Waals surface area contributed by atoms with Gasteiger partial charge in [0.2, 0.25) is 5.91 Å². The molecule has 2 amide bonds. The Morgan fingerprint density at radius 2 is 1.65 bits per heavy atom. The van der Waals surface area contributed by atoms with Crippen LogP contribution >= 0.6 is 0 Å². The van der Waals surface area contributed by atoms with Gasteiger partial charge in [0.15, 0.2) is 11.4 Å². The SMILES string of the molecule is CC(C)CC(NC(=O)[C@H](CO)NC(=O)c1cc(OCCc2ccccc2)cc(OC(C)C)c1)C(=O)C1(CO)CO1. The molecule has 4 N–H and O–H groups in total. The number of nitrogens with one attached hydrogen (secondary N) is 2. The minimum atomic E-state index is -1.32. The number of aliphatic hydroxyl groups is 2. The van der Waals surface area contributed by atoms with Crippen molar-refractivity contribution in [1.29, 1.82) is 0 Å². The van der Waals surface area contributed by atoms with Crippen LogP contribution in [0.5, 0.6) is 11.5 Å². The predicted octanol–water partition coefficient (Wildman–Crippen LogP) is 2.05. The Morgan fingerprint density at radius 1 is 0.975 bits per heavy atom. The van der Waals surface area contributed by atoms with Gasteiger partial charge in [-0.25, -0.2) is 0 Å². The zero-order chi connectivity index (χ0) is 29.3. The first-order valence-corrected chi connectivity index (χ1v) is 13.6. The normalized spacial score (nSPS) is 17.7. The zero-order valence-electron chi connectivity index (χ0n) is 23.5. The molecule has 1 heterocycles. The molecule has 2 unspecified atom stereocenters. The molecule has 1 aliphatic rings. The van der Waals surface area contributed by atoms with Gasteiger partial charge in [0.25, 0.3) is 5.91 Å². The van der Waals surface area contributed by atoms with Crippen LogP contribution in [-0.2, 0) is 20.7 Å².